The van der Waals surface area contributed by atoms with E-state index in [2.05, 4.69) is 10.9 Å². The number of hydrazine groups is 1. The predicted octanol–water partition coefficient (Wildman–Crippen LogP) is 3.29. The minimum absolute atomic E-state index is 0.0327. The Labute approximate surface area is 315 Å². The summed E-state index contributed by atoms with van der Waals surface area (Å²) in [7, 11) is 0. The molecule has 0 aromatic heterocycles. The number of nitrogens with zero attached hydrogens (tertiary/aromatic N) is 2. The molecule has 1 fully saturated rings. The Morgan fingerprint density at radius 3 is 2.28 bits per heavy atom. The highest BCUT2D eigenvalue weighted by Crippen LogP contribution is 2.40. The number of carbonyl (C=O) groups excluding carboxylic acids is 5. The number of ketones is 2. The van der Waals surface area contributed by atoms with E-state index >= 15 is 0 Å². The van der Waals surface area contributed by atoms with Crippen molar-refractivity contribution in [3.05, 3.63) is 106 Å². The first-order valence-electron chi connectivity index (χ1n) is 15.6. The number of hydrogen-bond acceptors (Lipinski definition) is 12. The summed E-state index contributed by atoms with van der Waals surface area (Å²) in [6.07, 6.45) is 0. The largest absolute Gasteiger partial charge is 0.485 e. The van der Waals surface area contributed by atoms with E-state index in [1.54, 1.807) is 6.07 Å². The average Bonchev–Trinajstić information content (AvgIpc) is 3.14. The number of carboxylic acids is 2. The maximum Gasteiger partial charge on any atom is 0.352 e. The third-order valence-electron chi connectivity index (χ3n) is 8.24. The molecule has 5 rings (SSSR count). The van der Waals surface area contributed by atoms with Gasteiger partial charge in [0.05, 0.1) is 11.3 Å². The number of carbonyl (C=O) groups is 7. The molecule has 18 heteroatoms. The molecule has 2 heterocycles. The molecule has 3 aromatic rings. The van der Waals surface area contributed by atoms with E-state index < -0.39 is 64.9 Å². The standard InChI is InChI=1S/C35H30Cl2N4O11S/c1-18(42)41(37)24-11-8-20(9-12-24)30(45)25-14-23(36)10-13-26(25)52-16-27(44)35(34(49)50,22-6-4-3-5-7-22)39-38-28-31(46)40-29(33(47)48)21(15-51-19(2)43)17-53-32(28)40/h3-14,28,32,38-39H,15-17H2,1-2H3,(H,47,48)(H,49,50)/t28-,32-,35-/m1/s1. The zero-order chi connectivity index (χ0) is 38.6. The predicted molar refractivity (Wildman–Crippen MR) is 191 cm³/mol. The fourth-order valence-corrected chi connectivity index (χ4v) is 7.21. The van der Waals surface area contributed by atoms with Gasteiger partial charge < -0.3 is 19.7 Å². The fraction of sp³-hybridized carbons (Fsp3) is 0.229. The number of benzene rings is 3. The van der Waals surface area contributed by atoms with E-state index in [0.717, 1.165) is 28.0 Å². The van der Waals surface area contributed by atoms with Crippen LogP contribution in [-0.2, 0) is 39.0 Å². The van der Waals surface area contributed by atoms with Gasteiger partial charge in [0.1, 0.15) is 36.1 Å². The quantitative estimate of drug-likeness (QED) is 0.0436. The van der Waals surface area contributed by atoms with Crippen LogP contribution in [0.15, 0.2) is 84.1 Å². The normalized spacial score (nSPS) is 17.5. The molecule has 0 radical (unpaired) electrons. The number of thioether (sulfide) groups is 1. The van der Waals surface area contributed by atoms with Gasteiger partial charge in [0.25, 0.3) is 0 Å². The second kappa shape index (κ2) is 16.2. The lowest BCUT2D eigenvalue weighted by molar-refractivity contribution is -0.156. The molecular formula is C35H30Cl2N4O11S. The molecule has 0 bridgehead atoms. The number of ether oxygens (including phenoxy) is 2. The summed E-state index contributed by atoms with van der Waals surface area (Å²) >= 11 is 13.3. The van der Waals surface area contributed by atoms with Crippen molar-refractivity contribution in [3.63, 3.8) is 0 Å². The van der Waals surface area contributed by atoms with Crippen LogP contribution in [0, 0.1) is 0 Å². The van der Waals surface area contributed by atoms with Crippen LogP contribution in [0.25, 0.3) is 0 Å². The number of carboxylic acid groups (broad SMARTS) is 2. The molecule has 276 valence electrons. The van der Waals surface area contributed by atoms with Crippen LogP contribution in [0.3, 0.4) is 0 Å². The first-order chi connectivity index (χ1) is 25.2. The Morgan fingerprint density at radius 2 is 1.68 bits per heavy atom. The van der Waals surface area contributed by atoms with Crippen molar-refractivity contribution < 1.29 is 53.2 Å². The summed E-state index contributed by atoms with van der Waals surface area (Å²) in [6.45, 7) is 1.21. The number of β-lactam (4-membered cyclic amide) rings is 1. The number of nitrogens with one attached hydrogen (secondary N) is 2. The molecule has 1 saturated heterocycles. The van der Waals surface area contributed by atoms with Crippen molar-refractivity contribution in [2.75, 3.05) is 23.4 Å². The summed E-state index contributed by atoms with van der Waals surface area (Å²) < 4.78 is 11.6. The second-order valence-corrected chi connectivity index (χ2v) is 13.5. The topological polar surface area (TPSA) is 209 Å². The van der Waals surface area contributed by atoms with E-state index in [1.807, 2.05) is 0 Å². The minimum atomic E-state index is -2.55. The SMILES string of the molecule is CC(=O)OCC1=C(C(=O)O)N2C(=O)[C@@H](NN[C@@](C(=O)O)(C(=O)COc3ccc(Cl)cc3C(=O)c3ccc(N(Cl)C(C)=O)cc3)c3ccccc3)[C@H]2SC1. The summed E-state index contributed by atoms with van der Waals surface area (Å²) in [5.74, 6) is -6.50. The highest BCUT2D eigenvalue weighted by Gasteiger charge is 2.56. The van der Waals surface area contributed by atoms with Gasteiger partial charge in [-0.1, -0.05) is 41.9 Å². The van der Waals surface area contributed by atoms with E-state index in [9.17, 15) is 43.8 Å². The Morgan fingerprint density at radius 1 is 1.00 bits per heavy atom. The molecule has 15 nitrogen and oxygen atoms in total. The molecule has 3 atom stereocenters. The van der Waals surface area contributed by atoms with Crippen LogP contribution in [0.5, 0.6) is 5.75 Å². The Hall–Kier alpha value is -5.26. The zero-order valence-electron chi connectivity index (χ0n) is 27.8. The summed E-state index contributed by atoms with van der Waals surface area (Å²) in [6, 6.07) is 16.0. The average molecular weight is 786 g/mol. The maximum atomic E-state index is 14.1. The van der Waals surface area contributed by atoms with Crippen LogP contribution in [0.1, 0.15) is 35.3 Å². The van der Waals surface area contributed by atoms with Gasteiger partial charge in [0.2, 0.25) is 23.1 Å². The van der Waals surface area contributed by atoms with Crippen LogP contribution in [0.4, 0.5) is 5.69 Å². The van der Waals surface area contributed by atoms with Crippen molar-refractivity contribution in [1.82, 2.24) is 15.8 Å². The lowest BCUT2D eigenvalue weighted by Gasteiger charge is -2.50. The van der Waals surface area contributed by atoms with Gasteiger partial charge in [0.15, 0.2) is 5.78 Å². The number of hydrogen-bond donors (Lipinski definition) is 4. The van der Waals surface area contributed by atoms with Crippen molar-refractivity contribution in [2.24, 2.45) is 0 Å². The molecule has 2 amide bonds. The monoisotopic (exact) mass is 784 g/mol. The lowest BCUT2D eigenvalue weighted by Crippen LogP contribution is -2.74. The molecule has 0 saturated carbocycles. The van der Waals surface area contributed by atoms with Gasteiger partial charge in [-0.2, -0.15) is 0 Å². The summed E-state index contributed by atoms with van der Waals surface area (Å²) in [5.41, 5.74) is 2.88. The summed E-state index contributed by atoms with van der Waals surface area (Å²) in [5, 5.41) is 19.8. The van der Waals surface area contributed by atoms with E-state index in [1.165, 1.54) is 73.7 Å². The molecule has 4 N–H and O–H groups in total. The third-order valence-corrected chi connectivity index (χ3v) is 10.2. The lowest BCUT2D eigenvalue weighted by atomic mass is 9.86. The number of rotatable bonds is 15. The van der Waals surface area contributed by atoms with Crippen molar-refractivity contribution >= 4 is 82.1 Å². The molecule has 2 aliphatic heterocycles. The van der Waals surface area contributed by atoms with Crippen LogP contribution < -0.4 is 20.0 Å². The number of anilines is 1. The molecule has 0 spiro atoms. The number of aliphatic carboxylic acids is 2. The molecule has 0 unspecified atom stereocenters. The highest BCUT2D eigenvalue weighted by molar-refractivity contribution is 8.00. The van der Waals surface area contributed by atoms with Gasteiger partial charge >= 0.3 is 17.9 Å². The van der Waals surface area contributed by atoms with E-state index in [4.69, 9.17) is 32.9 Å². The van der Waals surface area contributed by atoms with Gasteiger partial charge in [-0.15, -0.1) is 11.8 Å². The van der Waals surface area contributed by atoms with Gasteiger partial charge in [0, 0.05) is 47.5 Å². The molecular weight excluding hydrogens is 755 g/mol. The Kier molecular flexibility index (Phi) is 11.9. The first kappa shape index (κ1) is 39.0. The second-order valence-electron chi connectivity index (χ2n) is 11.6. The van der Waals surface area contributed by atoms with Crippen molar-refractivity contribution in [3.8, 4) is 5.75 Å². The molecule has 2 aliphatic rings. The number of esters is 1. The first-order valence-corrected chi connectivity index (χ1v) is 17.4. The minimum Gasteiger partial charge on any atom is -0.485 e. The maximum absolute atomic E-state index is 14.1. The molecule has 53 heavy (non-hydrogen) atoms. The number of Topliss-reactive ketones (excluding diaryl/α,β-unsaturated/α-hetero) is 1. The number of amides is 2. The van der Waals surface area contributed by atoms with Gasteiger partial charge in [-0.25, -0.2) is 24.9 Å². The van der Waals surface area contributed by atoms with Gasteiger partial charge in [-0.05, 0) is 48.0 Å². The van der Waals surface area contributed by atoms with Crippen LogP contribution in [0.2, 0.25) is 5.02 Å². The van der Waals surface area contributed by atoms with E-state index in [-0.39, 0.29) is 51.1 Å². The smallest absolute Gasteiger partial charge is 0.352 e. The molecule has 0 aliphatic carbocycles. The van der Waals surface area contributed by atoms with Crippen LogP contribution in [-0.4, -0.2) is 86.8 Å². The van der Waals surface area contributed by atoms with E-state index in [0.29, 0.717) is 5.69 Å². The number of fused-ring (bicyclic) bond motifs is 1. The fourth-order valence-electron chi connectivity index (χ4n) is 5.59. The summed E-state index contributed by atoms with van der Waals surface area (Å²) in [4.78, 5) is 90.1. The van der Waals surface area contributed by atoms with Gasteiger partial charge in [-0.3, -0.25) is 28.9 Å². The molecule has 3 aromatic carbocycles. The van der Waals surface area contributed by atoms with Crippen molar-refractivity contribution in [1.29, 1.82) is 0 Å². The highest BCUT2D eigenvalue weighted by atomic mass is 35.5. The van der Waals surface area contributed by atoms with Crippen LogP contribution >= 0.6 is 35.1 Å². The number of halogens is 2. The Balaban J connectivity index is 1.39. The van der Waals surface area contributed by atoms with Crippen molar-refractivity contribution in [2.45, 2.75) is 30.8 Å². The third kappa shape index (κ3) is 7.91. The Bertz CT molecular complexity index is 2030. The zero-order valence-corrected chi connectivity index (χ0v) is 30.2.